The summed E-state index contributed by atoms with van der Waals surface area (Å²) in [4.78, 5) is 0. The van der Waals surface area contributed by atoms with E-state index >= 15 is 0 Å². The molecule has 4 aromatic carbocycles. The van der Waals surface area contributed by atoms with Crippen molar-refractivity contribution in [1.82, 2.24) is 0 Å². The topological polar surface area (TPSA) is 0 Å². The van der Waals surface area contributed by atoms with Gasteiger partial charge in [-0.25, -0.2) is 0 Å². The van der Waals surface area contributed by atoms with Crippen LogP contribution in [0.25, 0.3) is 38.7 Å². The lowest BCUT2D eigenvalue weighted by atomic mass is 9.97. The van der Waals surface area contributed by atoms with E-state index in [9.17, 15) is 0 Å². The molecule has 0 aliphatic carbocycles. The summed E-state index contributed by atoms with van der Waals surface area (Å²) in [5, 5.41) is 5.18. The zero-order valence-corrected chi connectivity index (χ0v) is 12.3. The summed E-state index contributed by atoms with van der Waals surface area (Å²) in [5.41, 5.74) is 3.62. The van der Waals surface area contributed by atoms with Crippen LogP contribution in [0.2, 0.25) is 0 Å². The van der Waals surface area contributed by atoms with Gasteiger partial charge in [-0.1, -0.05) is 79.4 Å². The third-order valence-corrected chi connectivity index (χ3v) is 4.20. The lowest BCUT2D eigenvalue weighted by Gasteiger charge is -2.08. The van der Waals surface area contributed by atoms with Gasteiger partial charge in [0.1, 0.15) is 0 Å². The van der Waals surface area contributed by atoms with Crippen molar-refractivity contribution in [3.8, 4) is 11.1 Å². The van der Waals surface area contributed by atoms with Crippen molar-refractivity contribution in [2.75, 3.05) is 0 Å². The molecule has 0 N–H and O–H groups in total. The Balaban J connectivity index is 1.94. The fraction of sp³-hybridized carbons (Fsp3) is 0. The Morgan fingerprint density at radius 1 is 0.591 bits per heavy atom. The van der Waals surface area contributed by atoms with Gasteiger partial charge < -0.3 is 0 Å². The summed E-state index contributed by atoms with van der Waals surface area (Å²) in [6, 6.07) is 28.1. The second-order valence-electron chi connectivity index (χ2n) is 5.55. The molecule has 22 heavy (non-hydrogen) atoms. The third kappa shape index (κ3) is 2.10. The summed E-state index contributed by atoms with van der Waals surface area (Å²) in [7, 11) is 0. The zero-order valence-electron chi connectivity index (χ0n) is 12.3. The van der Waals surface area contributed by atoms with Crippen LogP contribution in [-0.4, -0.2) is 0 Å². The first-order valence-corrected chi connectivity index (χ1v) is 7.49. The van der Waals surface area contributed by atoms with Crippen molar-refractivity contribution in [2.45, 2.75) is 0 Å². The summed E-state index contributed by atoms with van der Waals surface area (Å²) < 4.78 is 0. The maximum Gasteiger partial charge on any atom is -0.0105 e. The van der Waals surface area contributed by atoms with Gasteiger partial charge in [-0.15, -0.1) is 0 Å². The van der Waals surface area contributed by atoms with E-state index in [1.807, 2.05) is 6.08 Å². The lowest BCUT2D eigenvalue weighted by molar-refractivity contribution is 1.62. The Morgan fingerprint density at radius 2 is 1.36 bits per heavy atom. The van der Waals surface area contributed by atoms with Crippen LogP contribution in [0.5, 0.6) is 0 Å². The number of hydrogen-bond donors (Lipinski definition) is 0. The van der Waals surface area contributed by atoms with Crippen molar-refractivity contribution in [3.63, 3.8) is 0 Å². The molecule has 0 atom stereocenters. The van der Waals surface area contributed by atoms with Gasteiger partial charge in [0.25, 0.3) is 0 Å². The third-order valence-electron chi connectivity index (χ3n) is 4.20. The molecule has 0 aliphatic heterocycles. The van der Waals surface area contributed by atoms with Crippen LogP contribution < -0.4 is 0 Å². The van der Waals surface area contributed by atoms with Crippen molar-refractivity contribution in [2.24, 2.45) is 0 Å². The highest BCUT2D eigenvalue weighted by molar-refractivity contribution is 6.08. The van der Waals surface area contributed by atoms with Gasteiger partial charge in [0.05, 0.1) is 0 Å². The average molecular weight is 280 g/mol. The van der Waals surface area contributed by atoms with E-state index in [-0.39, 0.29) is 0 Å². The van der Waals surface area contributed by atoms with Crippen LogP contribution in [0.15, 0.2) is 85.4 Å². The molecule has 0 saturated carbocycles. The minimum absolute atomic E-state index is 1.15. The molecule has 0 amide bonds. The quantitative estimate of drug-likeness (QED) is 0.378. The van der Waals surface area contributed by atoms with E-state index in [1.54, 1.807) is 0 Å². The number of benzene rings is 4. The van der Waals surface area contributed by atoms with E-state index in [1.165, 1.54) is 32.7 Å². The summed E-state index contributed by atoms with van der Waals surface area (Å²) in [6.45, 7) is 3.85. The molecule has 0 nitrogen and oxygen atoms in total. The van der Waals surface area contributed by atoms with E-state index in [4.69, 9.17) is 0 Å². The Kier molecular flexibility index (Phi) is 3.01. The maximum absolute atomic E-state index is 3.85. The molecule has 0 saturated heterocycles. The SMILES string of the molecule is C=Cc1cccc(-c2ccc3c(ccc4ccccc43)c2)c1. The van der Waals surface area contributed by atoms with Crippen LogP contribution in [0, 0.1) is 0 Å². The molecule has 0 heteroatoms. The molecule has 0 spiro atoms. The van der Waals surface area contributed by atoms with Gasteiger partial charge in [-0.3, -0.25) is 0 Å². The molecule has 4 aromatic rings. The van der Waals surface area contributed by atoms with Gasteiger partial charge >= 0.3 is 0 Å². The predicted octanol–water partition coefficient (Wildman–Crippen LogP) is 6.30. The summed E-state index contributed by atoms with van der Waals surface area (Å²) >= 11 is 0. The summed E-state index contributed by atoms with van der Waals surface area (Å²) in [6.07, 6.45) is 1.89. The fourth-order valence-corrected chi connectivity index (χ4v) is 3.04. The van der Waals surface area contributed by atoms with E-state index in [0.717, 1.165) is 5.56 Å². The van der Waals surface area contributed by atoms with Crippen LogP contribution >= 0.6 is 0 Å². The highest BCUT2D eigenvalue weighted by Gasteiger charge is 2.03. The van der Waals surface area contributed by atoms with Crippen molar-refractivity contribution in [3.05, 3.63) is 91.0 Å². The Bertz CT molecular complexity index is 993. The molecule has 4 rings (SSSR count). The number of fused-ring (bicyclic) bond motifs is 3. The van der Waals surface area contributed by atoms with Crippen LogP contribution in [-0.2, 0) is 0 Å². The molecule has 0 heterocycles. The van der Waals surface area contributed by atoms with E-state index < -0.39 is 0 Å². The lowest BCUT2D eigenvalue weighted by Crippen LogP contribution is -1.82. The minimum Gasteiger partial charge on any atom is -0.0985 e. The molecule has 104 valence electrons. The van der Waals surface area contributed by atoms with Gasteiger partial charge in [0, 0.05) is 0 Å². The molecule has 0 unspecified atom stereocenters. The highest BCUT2D eigenvalue weighted by Crippen LogP contribution is 2.30. The second-order valence-corrected chi connectivity index (χ2v) is 5.55. The fourth-order valence-electron chi connectivity index (χ4n) is 3.04. The maximum atomic E-state index is 3.85. The van der Waals surface area contributed by atoms with Crippen LogP contribution in [0.3, 0.4) is 0 Å². The van der Waals surface area contributed by atoms with Crippen molar-refractivity contribution in [1.29, 1.82) is 0 Å². The molecule has 0 fully saturated rings. The minimum atomic E-state index is 1.15. The number of rotatable bonds is 2. The standard InChI is InChI=1S/C22H16/c1-2-16-6-5-8-18(14-16)19-12-13-22-20(15-19)11-10-17-7-3-4-9-21(17)22/h2-15H,1H2. The van der Waals surface area contributed by atoms with Gasteiger partial charge in [-0.2, -0.15) is 0 Å². The first-order valence-electron chi connectivity index (χ1n) is 7.49. The molecule has 0 aromatic heterocycles. The number of hydrogen-bond acceptors (Lipinski definition) is 0. The normalized spacial score (nSPS) is 10.9. The Labute approximate surface area is 130 Å². The van der Waals surface area contributed by atoms with Crippen molar-refractivity contribution < 1.29 is 0 Å². The van der Waals surface area contributed by atoms with Gasteiger partial charge in [0.2, 0.25) is 0 Å². The van der Waals surface area contributed by atoms with Crippen molar-refractivity contribution >= 4 is 27.6 Å². The van der Waals surface area contributed by atoms with Crippen LogP contribution in [0.1, 0.15) is 5.56 Å². The molecule has 0 aliphatic rings. The first-order chi connectivity index (χ1) is 10.8. The molecular formula is C22H16. The summed E-state index contributed by atoms with van der Waals surface area (Å²) in [5.74, 6) is 0. The zero-order chi connectivity index (χ0) is 14.9. The first kappa shape index (κ1) is 12.8. The second kappa shape index (κ2) is 5.16. The molecule has 0 radical (unpaired) electrons. The predicted molar refractivity (Wildman–Crippen MR) is 97.0 cm³/mol. The van der Waals surface area contributed by atoms with Gasteiger partial charge in [-0.05, 0) is 50.4 Å². The average Bonchev–Trinajstić information content (AvgIpc) is 2.61. The van der Waals surface area contributed by atoms with Crippen LogP contribution in [0.4, 0.5) is 0 Å². The van der Waals surface area contributed by atoms with E-state index in [2.05, 4.69) is 85.4 Å². The van der Waals surface area contributed by atoms with E-state index in [0.29, 0.717) is 0 Å². The smallest absolute Gasteiger partial charge is 0.0105 e. The molecule has 0 bridgehead atoms. The highest BCUT2D eigenvalue weighted by atomic mass is 14.1. The Hall–Kier alpha value is -2.86. The molecular weight excluding hydrogens is 264 g/mol. The Morgan fingerprint density at radius 3 is 2.27 bits per heavy atom. The monoisotopic (exact) mass is 280 g/mol. The largest absolute Gasteiger partial charge is 0.0985 e. The van der Waals surface area contributed by atoms with Gasteiger partial charge in [0.15, 0.2) is 0 Å².